The Kier molecular flexibility index (Phi) is 15.6. The van der Waals surface area contributed by atoms with E-state index in [0.29, 0.717) is 44.1 Å². The van der Waals surface area contributed by atoms with Crippen molar-refractivity contribution >= 4 is 17.7 Å². The van der Waals surface area contributed by atoms with Crippen LogP contribution in [0, 0.1) is 34.5 Å². The topological polar surface area (TPSA) is 276 Å². The Morgan fingerprint density at radius 3 is 2.03 bits per heavy atom. The number of ether oxygens (including phenoxy) is 9. The van der Waals surface area contributed by atoms with Crippen molar-refractivity contribution < 1.29 is 92.8 Å². The predicted octanol–water partition coefficient (Wildman–Crippen LogP) is 0.951. The highest BCUT2D eigenvalue weighted by molar-refractivity contribution is 5.88. The fourth-order valence-corrected chi connectivity index (χ4v) is 13.4. The van der Waals surface area contributed by atoms with Crippen molar-refractivity contribution in [3.63, 3.8) is 0 Å². The summed E-state index contributed by atoms with van der Waals surface area (Å²) in [5, 5.41) is 76.5. The van der Waals surface area contributed by atoms with Gasteiger partial charge in [0, 0.05) is 43.3 Å². The molecule has 7 rings (SSSR count). The predicted molar refractivity (Wildman–Crippen MR) is 227 cm³/mol. The third-order valence-corrected chi connectivity index (χ3v) is 17.1. The fourth-order valence-electron chi connectivity index (χ4n) is 13.4. The Morgan fingerprint density at radius 2 is 1.41 bits per heavy atom. The lowest BCUT2D eigenvalue weighted by molar-refractivity contribution is -0.371. The van der Waals surface area contributed by atoms with Gasteiger partial charge in [-0.05, 0) is 96.8 Å². The molecule has 0 aromatic carbocycles. The van der Waals surface area contributed by atoms with E-state index in [-0.39, 0.29) is 30.1 Å². The lowest BCUT2D eigenvalue weighted by Gasteiger charge is -2.66. The molecule has 0 radical (unpaired) electrons. The number of allylic oxidation sites excluding steroid dienone is 1. The smallest absolute Gasteiger partial charge is 0.333 e. The highest BCUT2D eigenvalue weighted by atomic mass is 16.8. The van der Waals surface area contributed by atoms with Crippen molar-refractivity contribution in [3.8, 4) is 0 Å². The van der Waals surface area contributed by atoms with Crippen LogP contribution in [0.25, 0.3) is 0 Å². The van der Waals surface area contributed by atoms with E-state index in [4.69, 9.17) is 42.6 Å². The summed E-state index contributed by atoms with van der Waals surface area (Å²) in [5.41, 5.74) is -2.69. The zero-order valence-corrected chi connectivity index (χ0v) is 39.6. The van der Waals surface area contributed by atoms with Gasteiger partial charge in [0.15, 0.2) is 18.9 Å². The Hall–Kier alpha value is -2.21. The molecule has 376 valence electrons. The highest BCUT2D eigenvalue weighted by Crippen LogP contribution is 2.70. The van der Waals surface area contributed by atoms with Gasteiger partial charge in [-0.2, -0.15) is 0 Å². The van der Waals surface area contributed by atoms with E-state index in [1.165, 1.54) is 21.0 Å². The molecule has 0 aromatic heterocycles. The average molecular weight is 943 g/mol. The van der Waals surface area contributed by atoms with Crippen LogP contribution in [0.5, 0.6) is 0 Å². The number of methoxy groups -OCH3 is 1. The number of aliphatic hydroxyl groups excluding tert-OH is 6. The lowest BCUT2D eigenvalue weighted by Crippen LogP contribution is -2.73. The summed E-state index contributed by atoms with van der Waals surface area (Å²) in [7, 11) is 1.34. The number of ketones is 1. The third-order valence-electron chi connectivity index (χ3n) is 17.1. The van der Waals surface area contributed by atoms with Crippen LogP contribution in [0.1, 0.15) is 107 Å². The van der Waals surface area contributed by atoms with Gasteiger partial charge in [-0.25, -0.2) is 4.79 Å². The van der Waals surface area contributed by atoms with Crippen molar-refractivity contribution in [1.82, 2.24) is 0 Å². The van der Waals surface area contributed by atoms with Gasteiger partial charge in [0.2, 0.25) is 0 Å². The molecule has 0 spiro atoms. The zero-order chi connectivity index (χ0) is 48.4. The van der Waals surface area contributed by atoms with Crippen LogP contribution in [0.15, 0.2) is 11.6 Å². The van der Waals surface area contributed by atoms with Crippen LogP contribution in [-0.4, -0.2) is 177 Å². The Bertz CT molecular complexity index is 1770. The maximum atomic E-state index is 13.6. The summed E-state index contributed by atoms with van der Waals surface area (Å²) >= 11 is 0. The fraction of sp³-hybridized carbons (Fsp3) is 0.894. The van der Waals surface area contributed by atoms with Crippen LogP contribution in [-0.2, 0) is 57.0 Å². The second-order valence-corrected chi connectivity index (χ2v) is 20.6. The molecular weight excluding hydrogens is 868 g/mol. The van der Waals surface area contributed by atoms with Gasteiger partial charge >= 0.3 is 11.9 Å². The van der Waals surface area contributed by atoms with E-state index in [1.54, 1.807) is 33.8 Å². The van der Waals surface area contributed by atoms with Crippen LogP contribution < -0.4 is 0 Å². The number of fused-ring (bicyclic) bond motifs is 5. The summed E-state index contributed by atoms with van der Waals surface area (Å²) in [6.45, 7) is 12.9. The SMILES string of the molecule is C/C=C(\C)C(=O)O[C@@H]1[C@@H](OC(C)=O)[C@H]2[C@@H](CC[C@H]3C[C@@H](O[C@H]4C[C@@H](O)[C@H](O[C@@H]5O[C@H](C)[C@@H](O[C@@H]6O[C@H](CO)[C@@H](O)[C@H](O)[C@H]6O)[C@@H](OC)[C@H]5O)[C@@H](C)O4)CC[C@@]32C)[C@@]2(O)CC[C@H](C(C)=O)[C@@]12C. The summed E-state index contributed by atoms with van der Waals surface area (Å²) in [4.78, 5) is 39.8. The quantitative estimate of drug-likeness (QED) is 0.0815. The summed E-state index contributed by atoms with van der Waals surface area (Å²) in [5.74, 6) is -2.52. The van der Waals surface area contributed by atoms with Gasteiger partial charge < -0.3 is 78.4 Å². The van der Waals surface area contributed by atoms with Gasteiger partial charge in [0.25, 0.3) is 0 Å². The van der Waals surface area contributed by atoms with E-state index in [9.17, 15) is 50.1 Å². The summed E-state index contributed by atoms with van der Waals surface area (Å²) < 4.78 is 54.7. The van der Waals surface area contributed by atoms with Gasteiger partial charge in [-0.15, -0.1) is 0 Å². The van der Waals surface area contributed by atoms with Crippen molar-refractivity contribution in [2.24, 2.45) is 34.5 Å². The Balaban J connectivity index is 1.01. The normalized spacial score (nSPS) is 50.7. The summed E-state index contributed by atoms with van der Waals surface area (Å²) in [6, 6.07) is 0. The maximum absolute atomic E-state index is 13.6. The van der Waals surface area contributed by atoms with E-state index in [1.807, 2.05) is 6.92 Å². The Labute approximate surface area is 386 Å². The zero-order valence-electron chi connectivity index (χ0n) is 39.6. The number of Topliss-reactive ketones (excluding diaryl/α,β-unsaturated/α-hetero) is 1. The molecule has 0 bridgehead atoms. The summed E-state index contributed by atoms with van der Waals surface area (Å²) in [6.07, 6.45) is -13.7. The number of carbonyl (C=O) groups is 3. The maximum Gasteiger partial charge on any atom is 0.333 e. The molecule has 7 aliphatic rings. The van der Waals surface area contributed by atoms with Crippen molar-refractivity contribution in [2.75, 3.05) is 13.7 Å². The monoisotopic (exact) mass is 942 g/mol. The number of carbonyl (C=O) groups excluding carboxylic acids is 3. The van der Waals surface area contributed by atoms with Crippen molar-refractivity contribution in [3.05, 3.63) is 11.6 Å². The van der Waals surface area contributed by atoms with Crippen LogP contribution in [0.4, 0.5) is 0 Å². The van der Waals surface area contributed by atoms with Crippen LogP contribution >= 0.6 is 0 Å². The molecule has 4 saturated carbocycles. The van der Waals surface area contributed by atoms with Crippen LogP contribution in [0.2, 0.25) is 0 Å². The van der Waals surface area contributed by atoms with Crippen molar-refractivity contribution in [2.45, 2.75) is 217 Å². The second kappa shape index (κ2) is 19.9. The molecule has 3 aliphatic heterocycles. The van der Waals surface area contributed by atoms with Crippen LogP contribution in [0.3, 0.4) is 0 Å². The lowest BCUT2D eigenvalue weighted by atomic mass is 9.41. The molecule has 0 amide bonds. The average Bonchev–Trinajstić information content (AvgIpc) is 3.55. The van der Waals surface area contributed by atoms with Gasteiger partial charge in [-0.3, -0.25) is 9.59 Å². The first-order chi connectivity index (χ1) is 31.1. The van der Waals surface area contributed by atoms with E-state index in [0.717, 1.165) is 6.42 Å². The number of rotatable bonds is 12. The number of aliphatic hydroxyl groups is 7. The molecule has 66 heavy (non-hydrogen) atoms. The molecule has 19 nitrogen and oxygen atoms in total. The molecular formula is C47H74O19. The molecule has 0 unspecified atom stereocenters. The van der Waals surface area contributed by atoms with Gasteiger partial charge in [0.05, 0.1) is 36.6 Å². The first kappa shape index (κ1) is 51.6. The van der Waals surface area contributed by atoms with Crippen molar-refractivity contribution in [1.29, 1.82) is 0 Å². The molecule has 7 N–H and O–H groups in total. The molecule has 24 atom stereocenters. The number of hydrogen-bond acceptors (Lipinski definition) is 19. The molecule has 7 fully saturated rings. The van der Waals surface area contributed by atoms with E-state index >= 15 is 0 Å². The molecule has 0 aromatic rings. The highest BCUT2D eigenvalue weighted by Gasteiger charge is 2.76. The minimum Gasteiger partial charge on any atom is -0.458 e. The molecule has 3 saturated heterocycles. The van der Waals surface area contributed by atoms with E-state index < -0.39 is 145 Å². The minimum atomic E-state index is -1.69. The first-order valence-electron chi connectivity index (χ1n) is 23.8. The molecule has 4 aliphatic carbocycles. The largest absolute Gasteiger partial charge is 0.458 e. The van der Waals surface area contributed by atoms with Gasteiger partial charge in [0.1, 0.15) is 66.8 Å². The number of esters is 2. The second-order valence-electron chi connectivity index (χ2n) is 20.6. The first-order valence-corrected chi connectivity index (χ1v) is 23.8. The van der Waals surface area contributed by atoms with Gasteiger partial charge in [-0.1, -0.05) is 19.9 Å². The molecule has 3 heterocycles. The standard InChI is InChI=1S/C47H74O19/c1-10-20(2)42(56)66-41-39(61-24(6)50)32-28(47(57)16-14-27(21(3)49)46(41,47)8)12-11-25-17-26(13-15-45(25,32)7)62-31-18-29(51)37(22(4)59-31)64-44-36(55)40(58-9)38(23(5)60-44)65-43-35(54)34(53)33(52)30(19-48)63-43/h10,22-23,25-41,43-44,48,51-55,57H,11-19H2,1-9H3/b20-10+/t22-,23-,25+,26+,27-,28-,29-,30-,31+,32-,33-,34+,35-,36-,37-,38-,39+,40+,41-,43+,44+,45+,46+,47+/m1/s1. The minimum absolute atomic E-state index is 0.0448. The third kappa shape index (κ3) is 8.94. The van der Waals surface area contributed by atoms with E-state index in [2.05, 4.69) is 6.92 Å². The molecule has 19 heteroatoms. The number of hydrogen-bond donors (Lipinski definition) is 7. The Morgan fingerprint density at radius 1 is 0.742 bits per heavy atom.